The molecule has 0 heterocycles. The molecule has 1 aromatic carbocycles. The Bertz CT molecular complexity index is 394. The fraction of sp³-hybridized carbons (Fsp3) is 0.600. The first-order valence-corrected chi connectivity index (χ1v) is 7.81. The topological polar surface area (TPSA) is 21.3 Å². The van der Waals surface area contributed by atoms with E-state index in [1.54, 1.807) is 12.1 Å². The standard InChI is InChI=1S/C15H21BrFNO/c16-15-7-6-13(17)10-12(15)11-18-8-9-19-14-4-2-1-3-5-14/h6-7,10,14,18H,1-5,8-9,11H2. The highest BCUT2D eigenvalue weighted by Gasteiger charge is 2.12. The first-order chi connectivity index (χ1) is 9.25. The van der Waals surface area contributed by atoms with Gasteiger partial charge in [-0.2, -0.15) is 0 Å². The fourth-order valence-electron chi connectivity index (χ4n) is 2.43. The molecule has 106 valence electrons. The summed E-state index contributed by atoms with van der Waals surface area (Å²) in [6.07, 6.45) is 6.82. The molecule has 19 heavy (non-hydrogen) atoms. The summed E-state index contributed by atoms with van der Waals surface area (Å²) in [6.45, 7) is 2.20. The van der Waals surface area contributed by atoms with E-state index in [-0.39, 0.29) is 5.82 Å². The Morgan fingerprint density at radius 1 is 1.26 bits per heavy atom. The summed E-state index contributed by atoms with van der Waals surface area (Å²) in [5.41, 5.74) is 0.942. The van der Waals surface area contributed by atoms with E-state index in [1.165, 1.54) is 38.2 Å². The predicted octanol–water partition coefficient (Wildman–Crippen LogP) is 4.03. The van der Waals surface area contributed by atoms with Crippen LogP contribution in [0.25, 0.3) is 0 Å². The molecule has 1 aliphatic rings. The zero-order valence-corrected chi connectivity index (χ0v) is 12.7. The Balaban J connectivity index is 1.62. The van der Waals surface area contributed by atoms with E-state index in [0.29, 0.717) is 12.6 Å². The van der Waals surface area contributed by atoms with Crippen LogP contribution in [0.15, 0.2) is 22.7 Å². The Kier molecular flexibility index (Phi) is 6.28. The van der Waals surface area contributed by atoms with E-state index in [9.17, 15) is 4.39 Å². The molecule has 1 N–H and O–H groups in total. The lowest BCUT2D eigenvalue weighted by molar-refractivity contribution is 0.0302. The number of halogens is 2. The minimum Gasteiger partial charge on any atom is -0.377 e. The van der Waals surface area contributed by atoms with E-state index in [0.717, 1.165) is 23.2 Å². The van der Waals surface area contributed by atoms with E-state index >= 15 is 0 Å². The molecule has 0 bridgehead atoms. The van der Waals surface area contributed by atoms with Crippen LogP contribution in [0.2, 0.25) is 0 Å². The third-order valence-corrected chi connectivity index (χ3v) is 4.28. The molecule has 0 radical (unpaired) electrons. The van der Waals surface area contributed by atoms with Crippen LogP contribution < -0.4 is 5.32 Å². The first-order valence-electron chi connectivity index (χ1n) is 7.02. The minimum absolute atomic E-state index is 0.196. The van der Waals surface area contributed by atoms with E-state index < -0.39 is 0 Å². The summed E-state index contributed by atoms with van der Waals surface area (Å²) >= 11 is 3.42. The van der Waals surface area contributed by atoms with Crippen molar-refractivity contribution in [3.8, 4) is 0 Å². The van der Waals surface area contributed by atoms with Crippen LogP contribution in [-0.4, -0.2) is 19.3 Å². The molecule has 0 atom stereocenters. The van der Waals surface area contributed by atoms with Gasteiger partial charge in [-0.15, -0.1) is 0 Å². The molecule has 2 rings (SSSR count). The van der Waals surface area contributed by atoms with Crippen molar-refractivity contribution in [2.45, 2.75) is 44.8 Å². The Morgan fingerprint density at radius 2 is 2.05 bits per heavy atom. The SMILES string of the molecule is Fc1ccc(Br)c(CNCCOC2CCCCC2)c1. The van der Waals surface area contributed by atoms with Crippen molar-refractivity contribution in [1.82, 2.24) is 5.32 Å². The van der Waals surface area contributed by atoms with Crippen molar-refractivity contribution in [3.05, 3.63) is 34.1 Å². The zero-order chi connectivity index (χ0) is 13.5. The third-order valence-electron chi connectivity index (χ3n) is 3.51. The molecule has 2 nitrogen and oxygen atoms in total. The molecule has 1 aliphatic carbocycles. The van der Waals surface area contributed by atoms with Gasteiger partial charge in [0.1, 0.15) is 5.82 Å². The molecule has 0 aliphatic heterocycles. The Labute approximate surface area is 122 Å². The monoisotopic (exact) mass is 329 g/mol. The highest BCUT2D eigenvalue weighted by Crippen LogP contribution is 2.20. The average Bonchev–Trinajstić information content (AvgIpc) is 2.43. The largest absolute Gasteiger partial charge is 0.377 e. The van der Waals surface area contributed by atoms with Crippen molar-refractivity contribution in [2.75, 3.05) is 13.2 Å². The Hall–Kier alpha value is -0.450. The molecular weight excluding hydrogens is 309 g/mol. The maximum absolute atomic E-state index is 13.1. The van der Waals surface area contributed by atoms with Gasteiger partial charge in [-0.1, -0.05) is 35.2 Å². The molecule has 4 heteroatoms. The molecular formula is C15H21BrFNO. The lowest BCUT2D eigenvalue weighted by Crippen LogP contribution is -2.24. The second-order valence-electron chi connectivity index (χ2n) is 5.04. The van der Waals surface area contributed by atoms with Gasteiger partial charge < -0.3 is 10.1 Å². The van der Waals surface area contributed by atoms with Crippen LogP contribution in [0.1, 0.15) is 37.7 Å². The van der Waals surface area contributed by atoms with Gasteiger partial charge in [0.15, 0.2) is 0 Å². The number of benzene rings is 1. The van der Waals surface area contributed by atoms with E-state index in [1.807, 2.05) is 0 Å². The second kappa shape index (κ2) is 7.98. The van der Waals surface area contributed by atoms with E-state index in [4.69, 9.17) is 4.74 Å². The summed E-state index contributed by atoms with van der Waals surface area (Å²) in [7, 11) is 0. The highest BCUT2D eigenvalue weighted by molar-refractivity contribution is 9.10. The van der Waals surface area contributed by atoms with Crippen LogP contribution in [0, 0.1) is 5.82 Å². The Morgan fingerprint density at radius 3 is 2.84 bits per heavy atom. The molecule has 0 saturated heterocycles. The van der Waals surface area contributed by atoms with Gasteiger partial charge in [-0.25, -0.2) is 4.39 Å². The smallest absolute Gasteiger partial charge is 0.123 e. The highest BCUT2D eigenvalue weighted by atomic mass is 79.9. The molecule has 1 fully saturated rings. The maximum Gasteiger partial charge on any atom is 0.123 e. The lowest BCUT2D eigenvalue weighted by Gasteiger charge is -2.22. The van der Waals surface area contributed by atoms with Gasteiger partial charge >= 0.3 is 0 Å². The van der Waals surface area contributed by atoms with Crippen LogP contribution in [-0.2, 0) is 11.3 Å². The fourth-order valence-corrected chi connectivity index (χ4v) is 2.82. The number of nitrogens with one attached hydrogen (secondary N) is 1. The summed E-state index contributed by atoms with van der Waals surface area (Å²) in [5.74, 6) is -0.196. The van der Waals surface area contributed by atoms with Crippen molar-refractivity contribution in [3.63, 3.8) is 0 Å². The second-order valence-corrected chi connectivity index (χ2v) is 5.90. The van der Waals surface area contributed by atoms with E-state index in [2.05, 4.69) is 21.2 Å². The normalized spacial score (nSPS) is 16.7. The molecule has 0 aromatic heterocycles. The van der Waals surface area contributed by atoms with Crippen molar-refractivity contribution in [2.24, 2.45) is 0 Å². The zero-order valence-electron chi connectivity index (χ0n) is 11.1. The summed E-state index contributed by atoms with van der Waals surface area (Å²) in [4.78, 5) is 0. The number of hydrogen-bond acceptors (Lipinski definition) is 2. The van der Waals surface area contributed by atoms with Crippen molar-refractivity contribution >= 4 is 15.9 Å². The van der Waals surface area contributed by atoms with Gasteiger partial charge in [-0.05, 0) is 36.6 Å². The van der Waals surface area contributed by atoms with Gasteiger partial charge in [0.25, 0.3) is 0 Å². The van der Waals surface area contributed by atoms with Crippen LogP contribution in [0.3, 0.4) is 0 Å². The first kappa shape index (κ1) is 14.9. The average molecular weight is 330 g/mol. The quantitative estimate of drug-likeness (QED) is 0.795. The van der Waals surface area contributed by atoms with Crippen LogP contribution in [0.5, 0.6) is 0 Å². The van der Waals surface area contributed by atoms with Crippen molar-refractivity contribution in [1.29, 1.82) is 0 Å². The van der Waals surface area contributed by atoms with Crippen LogP contribution >= 0.6 is 15.9 Å². The van der Waals surface area contributed by atoms with Gasteiger partial charge in [0.05, 0.1) is 12.7 Å². The molecule has 0 amide bonds. The number of ether oxygens (including phenoxy) is 1. The molecule has 1 aromatic rings. The van der Waals surface area contributed by atoms with Crippen molar-refractivity contribution < 1.29 is 9.13 Å². The summed E-state index contributed by atoms with van der Waals surface area (Å²) in [5, 5.41) is 3.29. The minimum atomic E-state index is -0.196. The van der Waals surface area contributed by atoms with Gasteiger partial charge in [0, 0.05) is 17.6 Å². The molecule has 1 saturated carbocycles. The maximum atomic E-state index is 13.1. The van der Waals surface area contributed by atoms with Gasteiger partial charge in [-0.3, -0.25) is 0 Å². The van der Waals surface area contributed by atoms with Gasteiger partial charge in [0.2, 0.25) is 0 Å². The predicted molar refractivity (Wildman–Crippen MR) is 78.6 cm³/mol. The number of rotatable bonds is 6. The lowest BCUT2D eigenvalue weighted by atomic mass is 9.98. The summed E-state index contributed by atoms with van der Waals surface area (Å²) in [6, 6.07) is 4.75. The molecule has 0 unspecified atom stereocenters. The summed E-state index contributed by atoms with van der Waals surface area (Å²) < 4.78 is 19.9. The number of hydrogen-bond donors (Lipinski definition) is 1. The van der Waals surface area contributed by atoms with Crippen LogP contribution in [0.4, 0.5) is 4.39 Å². The third kappa shape index (κ3) is 5.21. The molecule has 0 spiro atoms.